The van der Waals surface area contributed by atoms with Crippen LogP contribution in [0.4, 0.5) is 10.8 Å². The second kappa shape index (κ2) is 7.82. The molecule has 4 rings (SSSR count). The summed E-state index contributed by atoms with van der Waals surface area (Å²) in [7, 11) is 1.57. The molecule has 0 unspecified atom stereocenters. The van der Waals surface area contributed by atoms with Gasteiger partial charge in [0, 0.05) is 23.2 Å². The van der Waals surface area contributed by atoms with Gasteiger partial charge < -0.3 is 9.64 Å². The van der Waals surface area contributed by atoms with E-state index in [0.717, 1.165) is 18.5 Å². The van der Waals surface area contributed by atoms with Crippen LogP contribution in [0.3, 0.4) is 0 Å². The minimum Gasteiger partial charge on any atom is -0.497 e. The van der Waals surface area contributed by atoms with E-state index in [4.69, 9.17) is 4.74 Å². The number of para-hydroxylation sites is 1. The third-order valence-corrected chi connectivity index (χ3v) is 5.41. The van der Waals surface area contributed by atoms with Gasteiger partial charge in [0.1, 0.15) is 11.4 Å². The van der Waals surface area contributed by atoms with Crippen LogP contribution >= 0.6 is 11.3 Å². The van der Waals surface area contributed by atoms with E-state index in [1.54, 1.807) is 41.7 Å². The van der Waals surface area contributed by atoms with E-state index in [0.29, 0.717) is 28.7 Å². The topological polar surface area (TPSA) is 71.5 Å². The lowest BCUT2D eigenvalue weighted by Gasteiger charge is -2.28. The molecule has 28 heavy (non-hydrogen) atoms. The number of carbonyl (C=O) groups is 2. The molecule has 0 bridgehead atoms. The molecule has 2 heterocycles. The molecule has 0 atom stereocenters. The van der Waals surface area contributed by atoms with Crippen molar-refractivity contribution in [1.29, 1.82) is 0 Å². The fourth-order valence-electron chi connectivity index (χ4n) is 3.22. The van der Waals surface area contributed by atoms with E-state index in [-0.39, 0.29) is 11.8 Å². The fourth-order valence-corrected chi connectivity index (χ4v) is 3.90. The van der Waals surface area contributed by atoms with E-state index >= 15 is 0 Å². The van der Waals surface area contributed by atoms with Gasteiger partial charge in [-0.15, -0.1) is 11.3 Å². The number of nitrogens with one attached hydrogen (secondary N) is 1. The predicted molar refractivity (Wildman–Crippen MR) is 110 cm³/mol. The number of aromatic nitrogens is 1. The number of rotatable bonds is 4. The molecule has 7 heteroatoms. The normalized spacial score (nSPS) is 13.0. The largest absolute Gasteiger partial charge is 0.497 e. The van der Waals surface area contributed by atoms with Crippen LogP contribution in [-0.2, 0) is 6.42 Å². The number of amides is 2. The molecular weight excluding hydrogens is 374 g/mol. The van der Waals surface area contributed by atoms with Crippen molar-refractivity contribution in [3.63, 3.8) is 0 Å². The molecule has 1 aliphatic rings. The molecule has 0 spiro atoms. The molecule has 2 amide bonds. The standard InChI is InChI=1S/C21H19N3O3S/c1-27-16-10-8-15(9-11-16)19(25)23-21-22-17(13-28-21)20(26)24-12-4-6-14-5-2-3-7-18(14)24/h2-3,5,7-11,13H,4,6,12H2,1H3,(H,22,23,25). The van der Waals surface area contributed by atoms with Crippen LogP contribution in [0.2, 0.25) is 0 Å². The number of fused-ring (bicyclic) bond motifs is 1. The second-order valence-corrected chi connectivity index (χ2v) is 7.27. The summed E-state index contributed by atoms with van der Waals surface area (Å²) < 4.78 is 5.10. The highest BCUT2D eigenvalue weighted by Gasteiger charge is 2.25. The average Bonchev–Trinajstić information content (AvgIpc) is 3.21. The number of thiazole rings is 1. The number of ether oxygens (including phenoxy) is 1. The zero-order valence-corrected chi connectivity index (χ0v) is 16.2. The van der Waals surface area contributed by atoms with Crippen LogP contribution in [0.5, 0.6) is 5.75 Å². The molecular formula is C21H19N3O3S. The fraction of sp³-hybridized carbons (Fsp3) is 0.190. The highest BCUT2D eigenvalue weighted by atomic mass is 32.1. The Kier molecular flexibility index (Phi) is 5.08. The molecule has 1 aromatic heterocycles. The van der Waals surface area contributed by atoms with E-state index in [9.17, 15) is 9.59 Å². The lowest BCUT2D eigenvalue weighted by molar-refractivity contribution is 0.0978. The molecule has 0 radical (unpaired) electrons. The van der Waals surface area contributed by atoms with Crippen molar-refractivity contribution in [3.05, 3.63) is 70.7 Å². The van der Waals surface area contributed by atoms with Crippen molar-refractivity contribution in [2.45, 2.75) is 12.8 Å². The lowest BCUT2D eigenvalue weighted by atomic mass is 10.0. The van der Waals surface area contributed by atoms with Crippen molar-refractivity contribution in [3.8, 4) is 5.75 Å². The molecule has 0 saturated heterocycles. The quantitative estimate of drug-likeness (QED) is 0.727. The Morgan fingerprint density at radius 3 is 2.71 bits per heavy atom. The summed E-state index contributed by atoms with van der Waals surface area (Å²) in [5.41, 5.74) is 2.95. The summed E-state index contributed by atoms with van der Waals surface area (Å²) in [6.45, 7) is 0.668. The third-order valence-electron chi connectivity index (χ3n) is 4.65. The summed E-state index contributed by atoms with van der Waals surface area (Å²) in [6, 6.07) is 14.7. The first-order valence-electron chi connectivity index (χ1n) is 8.96. The Morgan fingerprint density at radius 1 is 1.14 bits per heavy atom. The van der Waals surface area contributed by atoms with Gasteiger partial charge in [0.05, 0.1) is 7.11 Å². The molecule has 3 aromatic rings. The third kappa shape index (κ3) is 3.61. The van der Waals surface area contributed by atoms with Crippen LogP contribution < -0.4 is 15.0 Å². The van der Waals surface area contributed by atoms with Gasteiger partial charge in [-0.3, -0.25) is 14.9 Å². The number of methoxy groups -OCH3 is 1. The van der Waals surface area contributed by atoms with Crippen LogP contribution in [0.25, 0.3) is 0 Å². The van der Waals surface area contributed by atoms with E-state index < -0.39 is 0 Å². The van der Waals surface area contributed by atoms with Crippen LogP contribution in [0.1, 0.15) is 32.8 Å². The molecule has 0 aliphatic carbocycles. The number of nitrogens with zero attached hydrogens (tertiary/aromatic N) is 2. The Labute approximate surface area is 166 Å². The number of carbonyl (C=O) groups excluding carboxylic acids is 2. The van der Waals surface area contributed by atoms with Gasteiger partial charge in [0.25, 0.3) is 11.8 Å². The maximum Gasteiger partial charge on any atom is 0.277 e. The Bertz CT molecular complexity index is 1010. The smallest absolute Gasteiger partial charge is 0.277 e. The van der Waals surface area contributed by atoms with Gasteiger partial charge in [-0.25, -0.2) is 4.98 Å². The van der Waals surface area contributed by atoms with Crippen LogP contribution in [0, 0.1) is 0 Å². The predicted octanol–water partition coefficient (Wildman–Crippen LogP) is 4.00. The molecule has 0 saturated carbocycles. The summed E-state index contributed by atoms with van der Waals surface area (Å²) in [6.07, 6.45) is 1.90. The second-order valence-electron chi connectivity index (χ2n) is 6.41. The highest BCUT2D eigenvalue weighted by molar-refractivity contribution is 7.14. The molecule has 0 fully saturated rings. The Morgan fingerprint density at radius 2 is 1.93 bits per heavy atom. The molecule has 142 valence electrons. The minimum absolute atomic E-state index is 0.145. The van der Waals surface area contributed by atoms with Crippen molar-refractivity contribution in [2.24, 2.45) is 0 Å². The van der Waals surface area contributed by atoms with Crippen molar-refractivity contribution >= 4 is 34.0 Å². The summed E-state index contributed by atoms with van der Waals surface area (Å²) in [4.78, 5) is 31.4. The maximum atomic E-state index is 12.9. The Hall–Kier alpha value is -3.19. The first-order valence-corrected chi connectivity index (χ1v) is 9.84. The van der Waals surface area contributed by atoms with Crippen LogP contribution in [-0.4, -0.2) is 30.5 Å². The lowest BCUT2D eigenvalue weighted by Crippen LogP contribution is -2.35. The van der Waals surface area contributed by atoms with Gasteiger partial charge in [0.15, 0.2) is 5.13 Å². The molecule has 1 N–H and O–H groups in total. The molecule has 2 aromatic carbocycles. The Balaban J connectivity index is 1.48. The zero-order valence-electron chi connectivity index (χ0n) is 15.3. The van der Waals surface area contributed by atoms with Gasteiger partial charge in [0.2, 0.25) is 0 Å². The van der Waals surface area contributed by atoms with Gasteiger partial charge in [-0.05, 0) is 48.7 Å². The number of hydrogen-bond donors (Lipinski definition) is 1. The van der Waals surface area contributed by atoms with Crippen molar-refractivity contribution in [1.82, 2.24) is 4.98 Å². The van der Waals surface area contributed by atoms with E-state index in [1.165, 1.54) is 16.9 Å². The van der Waals surface area contributed by atoms with Gasteiger partial charge in [-0.1, -0.05) is 18.2 Å². The number of benzene rings is 2. The zero-order chi connectivity index (χ0) is 19.5. The SMILES string of the molecule is COc1ccc(C(=O)Nc2nc(C(=O)N3CCCc4ccccc43)cs2)cc1. The summed E-state index contributed by atoms with van der Waals surface area (Å²) >= 11 is 1.24. The van der Waals surface area contributed by atoms with Crippen molar-refractivity contribution < 1.29 is 14.3 Å². The van der Waals surface area contributed by atoms with Gasteiger partial charge >= 0.3 is 0 Å². The van der Waals surface area contributed by atoms with Gasteiger partial charge in [-0.2, -0.15) is 0 Å². The first-order chi connectivity index (χ1) is 13.7. The van der Waals surface area contributed by atoms with Crippen LogP contribution in [0.15, 0.2) is 53.9 Å². The van der Waals surface area contributed by atoms with E-state index in [2.05, 4.69) is 16.4 Å². The number of aryl methyl sites for hydroxylation is 1. The number of hydrogen-bond acceptors (Lipinski definition) is 5. The van der Waals surface area contributed by atoms with Crippen molar-refractivity contribution in [2.75, 3.05) is 23.9 Å². The average molecular weight is 393 g/mol. The monoisotopic (exact) mass is 393 g/mol. The summed E-state index contributed by atoms with van der Waals surface area (Å²) in [5, 5.41) is 4.83. The summed E-state index contributed by atoms with van der Waals surface area (Å²) in [5.74, 6) is 0.258. The molecule has 6 nitrogen and oxygen atoms in total. The first kappa shape index (κ1) is 18.2. The maximum absolute atomic E-state index is 12.9. The number of anilines is 2. The highest BCUT2D eigenvalue weighted by Crippen LogP contribution is 2.29. The van der Waals surface area contributed by atoms with E-state index in [1.807, 2.05) is 18.2 Å². The molecule has 1 aliphatic heterocycles. The minimum atomic E-state index is -0.278.